The first-order valence-electron chi connectivity index (χ1n) is 7.92. The summed E-state index contributed by atoms with van der Waals surface area (Å²) in [5.41, 5.74) is 1.40. The molecule has 0 spiro atoms. The molecule has 2 atom stereocenters. The number of halogens is 1. The third-order valence-corrected chi connectivity index (χ3v) is 3.91. The number of aliphatic hydroxyl groups is 1. The zero-order valence-corrected chi connectivity index (χ0v) is 14.3. The van der Waals surface area contributed by atoms with E-state index in [0.29, 0.717) is 17.1 Å². The number of methoxy groups -OCH3 is 2. The number of rotatable bonds is 8. The molecule has 24 heavy (non-hydrogen) atoms. The largest absolute Gasteiger partial charge is 0.493 e. The smallest absolute Gasteiger partial charge is 0.160 e. The van der Waals surface area contributed by atoms with Crippen molar-refractivity contribution in [2.45, 2.75) is 25.5 Å². The van der Waals surface area contributed by atoms with Crippen molar-refractivity contribution in [3.63, 3.8) is 0 Å². The maximum atomic E-state index is 13.7. The Labute approximate surface area is 142 Å². The van der Waals surface area contributed by atoms with Crippen LogP contribution in [0.4, 0.5) is 4.39 Å². The van der Waals surface area contributed by atoms with E-state index in [0.717, 1.165) is 12.0 Å². The molecule has 0 saturated carbocycles. The fourth-order valence-electron chi connectivity index (χ4n) is 2.60. The molecule has 2 rings (SSSR count). The first-order chi connectivity index (χ1) is 11.5. The summed E-state index contributed by atoms with van der Waals surface area (Å²) in [5.74, 6) is 0.991. The number of hydrogen-bond acceptors (Lipinski definition) is 4. The molecule has 0 fully saturated rings. The third kappa shape index (κ3) is 4.69. The van der Waals surface area contributed by atoms with Gasteiger partial charge < -0.3 is 19.9 Å². The molecule has 0 aliphatic carbocycles. The normalized spacial score (nSPS) is 13.4. The summed E-state index contributed by atoms with van der Waals surface area (Å²) in [5, 5.41) is 13.4. The van der Waals surface area contributed by atoms with Crippen LogP contribution < -0.4 is 14.8 Å². The number of hydrogen-bond donors (Lipinski definition) is 2. The molecule has 5 heteroatoms. The summed E-state index contributed by atoms with van der Waals surface area (Å²) in [4.78, 5) is 0. The molecule has 2 N–H and O–H groups in total. The van der Waals surface area contributed by atoms with Gasteiger partial charge in [0.1, 0.15) is 5.82 Å². The lowest BCUT2D eigenvalue weighted by molar-refractivity contribution is 0.166. The molecule has 130 valence electrons. The van der Waals surface area contributed by atoms with Gasteiger partial charge in [0, 0.05) is 18.2 Å². The first kappa shape index (κ1) is 18.2. The average Bonchev–Trinajstić information content (AvgIpc) is 2.60. The van der Waals surface area contributed by atoms with Gasteiger partial charge in [-0.15, -0.1) is 0 Å². The van der Waals surface area contributed by atoms with Crippen molar-refractivity contribution in [1.82, 2.24) is 5.32 Å². The fraction of sp³-hybridized carbons (Fsp3) is 0.368. The second-order valence-electron chi connectivity index (χ2n) is 5.74. The minimum absolute atomic E-state index is 0.115. The van der Waals surface area contributed by atoms with Crippen LogP contribution in [0.3, 0.4) is 0 Å². The van der Waals surface area contributed by atoms with E-state index in [9.17, 15) is 9.50 Å². The van der Waals surface area contributed by atoms with Gasteiger partial charge in [-0.2, -0.15) is 0 Å². The molecule has 0 heterocycles. The Morgan fingerprint density at radius 2 is 1.79 bits per heavy atom. The van der Waals surface area contributed by atoms with Gasteiger partial charge in [-0.05, 0) is 37.1 Å². The van der Waals surface area contributed by atoms with E-state index in [-0.39, 0.29) is 18.4 Å². The molecule has 0 aliphatic rings. The lowest BCUT2D eigenvalue weighted by Gasteiger charge is -2.18. The maximum absolute atomic E-state index is 13.7. The van der Waals surface area contributed by atoms with Crippen molar-refractivity contribution in [3.05, 3.63) is 59.4 Å². The van der Waals surface area contributed by atoms with Crippen LogP contribution in [0.1, 0.15) is 24.2 Å². The Morgan fingerprint density at radius 1 is 1.08 bits per heavy atom. The van der Waals surface area contributed by atoms with Crippen LogP contribution in [0, 0.1) is 5.82 Å². The van der Waals surface area contributed by atoms with Gasteiger partial charge >= 0.3 is 0 Å². The number of aliphatic hydroxyl groups excluding tert-OH is 1. The van der Waals surface area contributed by atoms with Gasteiger partial charge in [-0.3, -0.25) is 0 Å². The van der Waals surface area contributed by atoms with Gasteiger partial charge in [-0.1, -0.05) is 24.3 Å². The standard InChI is InChI=1S/C19H24FNO3/c1-13(10-14-8-9-18(23-2)19(11-14)24-3)21-12-17(22)15-6-4-5-7-16(15)20/h4-9,11,13,17,21-22H,10,12H2,1-3H3. The minimum Gasteiger partial charge on any atom is -0.493 e. The molecule has 0 amide bonds. The highest BCUT2D eigenvalue weighted by atomic mass is 19.1. The number of nitrogens with one attached hydrogen (secondary N) is 1. The van der Waals surface area contributed by atoms with Crippen LogP contribution in [0.15, 0.2) is 42.5 Å². The number of ether oxygens (including phenoxy) is 2. The van der Waals surface area contributed by atoms with Gasteiger partial charge in [0.05, 0.1) is 20.3 Å². The molecular formula is C19H24FNO3. The van der Waals surface area contributed by atoms with Crippen molar-refractivity contribution < 1.29 is 19.0 Å². The topological polar surface area (TPSA) is 50.7 Å². The van der Waals surface area contributed by atoms with E-state index in [4.69, 9.17) is 9.47 Å². The minimum atomic E-state index is -0.876. The molecule has 2 aromatic carbocycles. The molecule has 0 saturated heterocycles. The predicted octanol–water partition coefficient (Wildman–Crippen LogP) is 3.10. The summed E-state index contributed by atoms with van der Waals surface area (Å²) >= 11 is 0. The van der Waals surface area contributed by atoms with Gasteiger partial charge in [-0.25, -0.2) is 4.39 Å². The fourth-order valence-corrected chi connectivity index (χ4v) is 2.60. The Morgan fingerprint density at radius 3 is 2.46 bits per heavy atom. The van der Waals surface area contributed by atoms with Crippen LogP contribution in [0.25, 0.3) is 0 Å². The summed E-state index contributed by atoms with van der Waals surface area (Å²) in [6, 6.07) is 12.2. The monoisotopic (exact) mass is 333 g/mol. The molecule has 4 nitrogen and oxygen atoms in total. The van der Waals surface area contributed by atoms with Crippen LogP contribution in [0.2, 0.25) is 0 Å². The highest BCUT2D eigenvalue weighted by Crippen LogP contribution is 2.28. The van der Waals surface area contributed by atoms with Crippen molar-refractivity contribution in [2.24, 2.45) is 0 Å². The third-order valence-electron chi connectivity index (χ3n) is 3.91. The van der Waals surface area contributed by atoms with E-state index in [1.165, 1.54) is 6.07 Å². The molecule has 0 bridgehead atoms. The molecule has 0 aromatic heterocycles. The first-order valence-corrected chi connectivity index (χ1v) is 7.92. The lowest BCUT2D eigenvalue weighted by atomic mass is 10.1. The number of benzene rings is 2. The van der Waals surface area contributed by atoms with Crippen molar-refractivity contribution in [2.75, 3.05) is 20.8 Å². The van der Waals surface area contributed by atoms with Crippen LogP contribution in [0.5, 0.6) is 11.5 Å². The van der Waals surface area contributed by atoms with Crippen LogP contribution >= 0.6 is 0 Å². The van der Waals surface area contributed by atoms with E-state index >= 15 is 0 Å². The zero-order chi connectivity index (χ0) is 17.5. The van der Waals surface area contributed by atoms with E-state index in [1.807, 2.05) is 25.1 Å². The Kier molecular flexibility index (Phi) is 6.58. The lowest BCUT2D eigenvalue weighted by Crippen LogP contribution is -2.32. The zero-order valence-electron chi connectivity index (χ0n) is 14.3. The summed E-state index contributed by atoms with van der Waals surface area (Å²) in [7, 11) is 3.21. The van der Waals surface area contributed by atoms with Gasteiger partial charge in [0.25, 0.3) is 0 Å². The second-order valence-corrected chi connectivity index (χ2v) is 5.74. The summed E-state index contributed by atoms with van der Waals surface area (Å²) < 4.78 is 24.2. The highest BCUT2D eigenvalue weighted by molar-refractivity contribution is 5.43. The molecule has 2 unspecified atom stereocenters. The quantitative estimate of drug-likeness (QED) is 0.779. The Balaban J connectivity index is 1.91. The van der Waals surface area contributed by atoms with E-state index in [1.54, 1.807) is 32.4 Å². The molecule has 0 aliphatic heterocycles. The predicted molar refractivity (Wildman–Crippen MR) is 92.1 cm³/mol. The van der Waals surface area contributed by atoms with Crippen molar-refractivity contribution >= 4 is 0 Å². The van der Waals surface area contributed by atoms with Crippen LogP contribution in [-0.4, -0.2) is 31.9 Å². The average molecular weight is 333 g/mol. The maximum Gasteiger partial charge on any atom is 0.160 e. The van der Waals surface area contributed by atoms with Crippen molar-refractivity contribution in [1.29, 1.82) is 0 Å². The van der Waals surface area contributed by atoms with Crippen molar-refractivity contribution in [3.8, 4) is 11.5 Å². The Hall–Kier alpha value is -2.11. The summed E-state index contributed by atoms with van der Waals surface area (Å²) in [6.07, 6.45) is -0.122. The van der Waals surface area contributed by atoms with E-state index < -0.39 is 6.10 Å². The SMILES string of the molecule is COc1ccc(CC(C)NCC(O)c2ccccc2F)cc1OC. The summed E-state index contributed by atoms with van der Waals surface area (Å²) in [6.45, 7) is 2.31. The molecule has 2 aromatic rings. The van der Waals surface area contributed by atoms with Gasteiger partial charge in [0.2, 0.25) is 0 Å². The molecule has 0 radical (unpaired) electrons. The van der Waals surface area contributed by atoms with Gasteiger partial charge in [0.15, 0.2) is 11.5 Å². The second kappa shape index (κ2) is 8.66. The van der Waals surface area contributed by atoms with Crippen LogP contribution in [-0.2, 0) is 6.42 Å². The Bertz CT molecular complexity index is 663. The van der Waals surface area contributed by atoms with E-state index in [2.05, 4.69) is 5.32 Å². The molecular weight excluding hydrogens is 309 g/mol. The highest BCUT2D eigenvalue weighted by Gasteiger charge is 2.14.